The highest BCUT2D eigenvalue weighted by molar-refractivity contribution is 6.04. The Morgan fingerprint density at radius 1 is 1.00 bits per heavy atom. The molecule has 6 heteroatoms. The van der Waals surface area contributed by atoms with Crippen molar-refractivity contribution in [2.24, 2.45) is 0 Å². The highest BCUT2D eigenvalue weighted by Crippen LogP contribution is 2.26. The van der Waals surface area contributed by atoms with Crippen LogP contribution in [-0.4, -0.2) is 39.4 Å². The lowest BCUT2D eigenvalue weighted by molar-refractivity contribution is 0.0786. The first-order valence-electron chi connectivity index (χ1n) is 10.9. The molecule has 0 radical (unpaired) electrons. The van der Waals surface area contributed by atoms with Crippen LogP contribution < -0.4 is 5.32 Å². The van der Waals surface area contributed by atoms with Crippen molar-refractivity contribution in [3.05, 3.63) is 46.5 Å². The zero-order chi connectivity index (χ0) is 20.4. The van der Waals surface area contributed by atoms with Crippen molar-refractivity contribution < 1.29 is 9.59 Å². The van der Waals surface area contributed by atoms with Crippen molar-refractivity contribution in [2.75, 3.05) is 18.4 Å². The summed E-state index contributed by atoms with van der Waals surface area (Å²) < 4.78 is 1.97. The normalized spacial score (nSPS) is 16.0. The Morgan fingerprint density at radius 2 is 1.66 bits per heavy atom. The molecule has 1 fully saturated rings. The number of anilines is 1. The molecule has 29 heavy (non-hydrogen) atoms. The molecule has 4 rings (SSSR count). The molecule has 0 unspecified atom stereocenters. The summed E-state index contributed by atoms with van der Waals surface area (Å²) in [4.78, 5) is 32.8. The van der Waals surface area contributed by atoms with Crippen LogP contribution in [0.5, 0.6) is 0 Å². The van der Waals surface area contributed by atoms with Crippen molar-refractivity contribution in [1.29, 1.82) is 0 Å². The van der Waals surface area contributed by atoms with Gasteiger partial charge in [0.2, 0.25) is 0 Å². The molecule has 6 nitrogen and oxygen atoms in total. The number of benzene rings is 1. The van der Waals surface area contributed by atoms with E-state index in [-0.39, 0.29) is 11.8 Å². The van der Waals surface area contributed by atoms with E-state index in [9.17, 15) is 9.59 Å². The van der Waals surface area contributed by atoms with Gasteiger partial charge >= 0.3 is 0 Å². The van der Waals surface area contributed by atoms with Crippen LogP contribution in [0.4, 0.5) is 5.69 Å². The molecule has 1 N–H and O–H groups in total. The SMILES string of the molecule is CCc1cccc(CC)c1NC(=O)c1nc(C(=O)N2CCCC2)c2n1CCCC2. The Bertz CT molecular complexity index is 903. The number of aryl methyl sites for hydroxylation is 2. The number of para-hydroxylation sites is 1. The van der Waals surface area contributed by atoms with Gasteiger partial charge in [-0.1, -0.05) is 32.0 Å². The maximum atomic E-state index is 13.3. The number of amides is 2. The molecule has 2 aliphatic rings. The molecule has 1 aromatic heterocycles. The molecule has 0 saturated carbocycles. The van der Waals surface area contributed by atoms with E-state index in [2.05, 4.69) is 36.3 Å². The first kappa shape index (κ1) is 19.7. The van der Waals surface area contributed by atoms with Gasteiger partial charge in [0.05, 0.1) is 5.69 Å². The van der Waals surface area contributed by atoms with Crippen molar-refractivity contribution >= 4 is 17.5 Å². The van der Waals surface area contributed by atoms with Crippen LogP contribution >= 0.6 is 0 Å². The minimum atomic E-state index is -0.218. The number of nitrogens with one attached hydrogen (secondary N) is 1. The summed E-state index contributed by atoms with van der Waals surface area (Å²) in [6.45, 7) is 6.50. The Balaban J connectivity index is 1.68. The Kier molecular flexibility index (Phi) is 5.69. The maximum absolute atomic E-state index is 13.3. The van der Waals surface area contributed by atoms with Crippen molar-refractivity contribution in [3.63, 3.8) is 0 Å². The fraction of sp³-hybridized carbons (Fsp3) is 0.522. The van der Waals surface area contributed by atoms with Crippen LogP contribution in [0.2, 0.25) is 0 Å². The van der Waals surface area contributed by atoms with Crippen molar-refractivity contribution in [3.8, 4) is 0 Å². The third kappa shape index (κ3) is 3.68. The Labute approximate surface area is 172 Å². The van der Waals surface area contributed by atoms with Gasteiger partial charge < -0.3 is 14.8 Å². The van der Waals surface area contributed by atoms with Crippen LogP contribution in [0.15, 0.2) is 18.2 Å². The fourth-order valence-electron chi connectivity index (χ4n) is 4.53. The first-order chi connectivity index (χ1) is 14.1. The van der Waals surface area contributed by atoms with Gasteiger partial charge in [-0.25, -0.2) is 4.98 Å². The number of hydrogen-bond acceptors (Lipinski definition) is 3. The van der Waals surface area contributed by atoms with E-state index in [0.717, 1.165) is 87.1 Å². The summed E-state index contributed by atoms with van der Waals surface area (Å²) in [7, 11) is 0. The molecule has 0 bridgehead atoms. The van der Waals surface area contributed by atoms with E-state index >= 15 is 0 Å². The number of aromatic nitrogens is 2. The highest BCUT2D eigenvalue weighted by atomic mass is 16.2. The predicted octanol–water partition coefficient (Wildman–Crippen LogP) is 3.83. The number of likely N-dealkylation sites (tertiary alicyclic amines) is 1. The third-order valence-electron chi connectivity index (χ3n) is 6.15. The van der Waals surface area contributed by atoms with Gasteiger partial charge in [0, 0.05) is 25.3 Å². The standard InChI is InChI=1S/C23H30N4O2/c1-3-16-10-9-11-17(4-2)19(16)25-22(28)21-24-20(18-12-5-6-15-27(18)21)23(29)26-13-7-8-14-26/h9-11H,3-8,12-15H2,1-2H3,(H,25,28). The van der Waals surface area contributed by atoms with Gasteiger partial charge in [-0.2, -0.15) is 0 Å². The van der Waals surface area contributed by atoms with E-state index in [4.69, 9.17) is 0 Å². The number of nitrogens with zero attached hydrogens (tertiary/aromatic N) is 3. The summed E-state index contributed by atoms with van der Waals surface area (Å²) in [6.07, 6.45) is 6.63. The second-order valence-corrected chi connectivity index (χ2v) is 7.95. The summed E-state index contributed by atoms with van der Waals surface area (Å²) in [5, 5.41) is 3.12. The lowest BCUT2D eigenvalue weighted by Crippen LogP contribution is -2.29. The second kappa shape index (κ2) is 8.39. The largest absolute Gasteiger partial charge is 0.337 e. The number of hydrogen-bond donors (Lipinski definition) is 1. The van der Waals surface area contributed by atoms with Gasteiger partial charge in [0.15, 0.2) is 5.82 Å². The average Bonchev–Trinajstić information content (AvgIpc) is 3.42. The molecule has 3 heterocycles. The summed E-state index contributed by atoms with van der Waals surface area (Å²) >= 11 is 0. The molecule has 154 valence electrons. The molecule has 2 aromatic rings. The predicted molar refractivity (Wildman–Crippen MR) is 113 cm³/mol. The molecule has 0 atom stereocenters. The fourth-order valence-corrected chi connectivity index (χ4v) is 4.53. The smallest absolute Gasteiger partial charge is 0.291 e. The third-order valence-corrected chi connectivity index (χ3v) is 6.15. The number of rotatable bonds is 5. The van der Waals surface area contributed by atoms with E-state index in [1.54, 1.807) is 0 Å². The second-order valence-electron chi connectivity index (χ2n) is 7.95. The molecule has 0 spiro atoms. The van der Waals surface area contributed by atoms with Gasteiger partial charge in [-0.3, -0.25) is 9.59 Å². The quantitative estimate of drug-likeness (QED) is 0.838. The first-order valence-corrected chi connectivity index (χ1v) is 10.9. The van der Waals surface area contributed by atoms with Crippen LogP contribution in [0.25, 0.3) is 0 Å². The van der Waals surface area contributed by atoms with Gasteiger partial charge in [0.1, 0.15) is 5.69 Å². The zero-order valence-electron chi connectivity index (χ0n) is 17.5. The van der Waals surface area contributed by atoms with Gasteiger partial charge in [0.25, 0.3) is 11.8 Å². The maximum Gasteiger partial charge on any atom is 0.291 e. The number of imidazole rings is 1. The molecule has 1 saturated heterocycles. The van der Waals surface area contributed by atoms with E-state index in [1.165, 1.54) is 0 Å². The minimum Gasteiger partial charge on any atom is -0.337 e. The van der Waals surface area contributed by atoms with E-state index in [0.29, 0.717) is 11.5 Å². The summed E-state index contributed by atoms with van der Waals surface area (Å²) in [5.41, 5.74) is 4.55. The molecule has 1 aromatic carbocycles. The van der Waals surface area contributed by atoms with E-state index in [1.807, 2.05) is 15.5 Å². The average molecular weight is 395 g/mol. The van der Waals surface area contributed by atoms with Gasteiger partial charge in [-0.15, -0.1) is 0 Å². The number of carbonyl (C=O) groups is 2. The number of fused-ring (bicyclic) bond motifs is 1. The zero-order valence-corrected chi connectivity index (χ0v) is 17.5. The highest BCUT2D eigenvalue weighted by Gasteiger charge is 2.31. The molecular formula is C23H30N4O2. The van der Waals surface area contributed by atoms with Crippen LogP contribution in [0.1, 0.15) is 77.5 Å². The minimum absolute atomic E-state index is 0.0181. The van der Waals surface area contributed by atoms with Crippen molar-refractivity contribution in [1.82, 2.24) is 14.5 Å². The summed E-state index contributed by atoms with van der Waals surface area (Å²) in [6, 6.07) is 6.15. The molecule has 0 aliphatic carbocycles. The Morgan fingerprint density at radius 3 is 2.31 bits per heavy atom. The molecule has 2 aliphatic heterocycles. The lowest BCUT2D eigenvalue weighted by Gasteiger charge is -2.19. The van der Waals surface area contributed by atoms with Crippen LogP contribution in [0, 0.1) is 0 Å². The summed E-state index contributed by atoms with van der Waals surface area (Å²) in [5.74, 6) is 0.134. The lowest BCUT2D eigenvalue weighted by atomic mass is 10.0. The van der Waals surface area contributed by atoms with Gasteiger partial charge in [-0.05, 0) is 56.1 Å². The topological polar surface area (TPSA) is 67.2 Å². The monoisotopic (exact) mass is 394 g/mol. The van der Waals surface area contributed by atoms with Crippen molar-refractivity contribution in [2.45, 2.75) is 65.3 Å². The van der Waals surface area contributed by atoms with E-state index < -0.39 is 0 Å². The Hall–Kier alpha value is -2.63. The van der Waals surface area contributed by atoms with Crippen LogP contribution in [0.3, 0.4) is 0 Å². The molecule has 2 amide bonds. The molecular weight excluding hydrogens is 364 g/mol. The number of carbonyl (C=O) groups excluding carboxylic acids is 2. The van der Waals surface area contributed by atoms with Crippen LogP contribution in [-0.2, 0) is 25.8 Å².